The van der Waals surface area contributed by atoms with Crippen molar-refractivity contribution in [3.8, 4) is 0 Å². The van der Waals surface area contributed by atoms with Gasteiger partial charge in [0.05, 0.1) is 12.7 Å². The van der Waals surface area contributed by atoms with Crippen LogP contribution in [-0.2, 0) is 4.74 Å². The van der Waals surface area contributed by atoms with Gasteiger partial charge < -0.3 is 10.5 Å². The number of nitrogens with two attached hydrogens (primary N) is 1. The third-order valence-electron chi connectivity index (χ3n) is 1.47. The van der Waals surface area contributed by atoms with Gasteiger partial charge in [0, 0.05) is 18.0 Å². The fraction of sp³-hybridized carbons (Fsp3) is 0.125. The molecule has 0 aliphatic heterocycles. The third-order valence-corrected chi connectivity index (χ3v) is 1.47. The van der Waals surface area contributed by atoms with Crippen molar-refractivity contribution >= 4 is 24.2 Å². The van der Waals surface area contributed by atoms with Crippen molar-refractivity contribution in [2.75, 3.05) is 7.11 Å². The smallest absolute Gasteiger partial charge is 0.339 e. The maximum atomic E-state index is 11.0. The molecule has 0 radical (unpaired) electrons. The molecule has 0 saturated heterocycles. The maximum Gasteiger partial charge on any atom is 0.339 e. The van der Waals surface area contributed by atoms with Crippen molar-refractivity contribution in [2.45, 2.75) is 0 Å². The van der Waals surface area contributed by atoms with Crippen LogP contribution in [0.15, 0.2) is 18.5 Å². The number of methoxy groups -OCH3 is 1. The van der Waals surface area contributed by atoms with Crippen LogP contribution in [0.5, 0.6) is 0 Å². The molecule has 1 rings (SSSR count). The highest BCUT2D eigenvalue weighted by Gasteiger charge is 2.07. The highest BCUT2D eigenvalue weighted by molar-refractivity contribution is 5.97. The Morgan fingerprint density at radius 2 is 2.07 bits per heavy atom. The van der Waals surface area contributed by atoms with Gasteiger partial charge in [0.1, 0.15) is 5.84 Å². The topological polar surface area (TPSA) is 89.1 Å². The molecule has 0 bridgehead atoms. The van der Waals surface area contributed by atoms with Crippen LogP contribution in [0.3, 0.4) is 0 Å². The van der Waals surface area contributed by atoms with Gasteiger partial charge in [-0.2, -0.15) is 0 Å². The summed E-state index contributed by atoms with van der Waals surface area (Å²) in [6.07, 6.45) is 2.77. The van der Waals surface area contributed by atoms with Crippen LogP contribution in [0.1, 0.15) is 15.9 Å². The van der Waals surface area contributed by atoms with E-state index in [-0.39, 0.29) is 23.8 Å². The summed E-state index contributed by atoms with van der Waals surface area (Å²) in [5.74, 6) is -0.617. The molecular formula is C8H10ClN3O2. The molecule has 14 heavy (non-hydrogen) atoms. The quantitative estimate of drug-likeness (QED) is 0.429. The highest BCUT2D eigenvalue weighted by Crippen LogP contribution is 2.02. The molecule has 76 valence electrons. The Hall–Kier alpha value is -1.62. The van der Waals surface area contributed by atoms with Gasteiger partial charge in [-0.25, -0.2) is 4.79 Å². The van der Waals surface area contributed by atoms with E-state index in [2.05, 4.69) is 9.72 Å². The molecule has 0 spiro atoms. The Morgan fingerprint density at radius 3 is 2.57 bits per heavy atom. The van der Waals surface area contributed by atoms with E-state index in [1.54, 1.807) is 0 Å². The van der Waals surface area contributed by atoms with E-state index in [4.69, 9.17) is 11.1 Å². The first kappa shape index (κ1) is 12.4. The van der Waals surface area contributed by atoms with Crippen molar-refractivity contribution in [3.63, 3.8) is 0 Å². The number of halogens is 1. The molecule has 0 amide bonds. The number of pyridine rings is 1. The number of nitrogen functional groups attached to an aromatic ring is 1. The fourth-order valence-electron chi connectivity index (χ4n) is 0.817. The minimum absolute atomic E-state index is 0. The Bertz CT molecular complexity index is 354. The lowest BCUT2D eigenvalue weighted by atomic mass is 10.2. The normalized spacial score (nSPS) is 8.64. The summed E-state index contributed by atoms with van der Waals surface area (Å²) in [5, 5.41) is 7.12. The molecule has 0 unspecified atom stereocenters. The van der Waals surface area contributed by atoms with E-state index >= 15 is 0 Å². The molecule has 1 aromatic heterocycles. The number of ether oxygens (including phenoxy) is 1. The van der Waals surface area contributed by atoms with Crippen LogP contribution in [-0.4, -0.2) is 23.9 Å². The first-order valence-corrected chi connectivity index (χ1v) is 3.53. The molecule has 0 aromatic carbocycles. The molecule has 0 aliphatic rings. The molecular weight excluding hydrogens is 206 g/mol. The average molecular weight is 216 g/mol. The van der Waals surface area contributed by atoms with E-state index in [0.717, 1.165) is 0 Å². The Balaban J connectivity index is 0.00000169. The number of amidine groups is 1. The molecule has 1 heterocycles. The van der Waals surface area contributed by atoms with Gasteiger partial charge in [-0.1, -0.05) is 0 Å². The number of hydrogen-bond acceptors (Lipinski definition) is 4. The van der Waals surface area contributed by atoms with Crippen LogP contribution >= 0.6 is 12.4 Å². The first-order valence-electron chi connectivity index (χ1n) is 3.53. The minimum Gasteiger partial charge on any atom is -0.465 e. The minimum atomic E-state index is -0.490. The number of aromatic nitrogens is 1. The standard InChI is InChI=1S/C8H9N3O2.ClH/c1-13-8(12)6-2-5(7(9)10)3-11-4-6;/h2-4H,1H3,(H3,9,10);1H. The highest BCUT2D eigenvalue weighted by atomic mass is 35.5. The lowest BCUT2D eigenvalue weighted by molar-refractivity contribution is 0.0600. The second-order valence-electron chi connectivity index (χ2n) is 2.37. The summed E-state index contributed by atoms with van der Waals surface area (Å²) in [6, 6.07) is 1.46. The number of carbonyl (C=O) groups is 1. The number of nitrogens with zero attached hydrogens (tertiary/aromatic N) is 1. The van der Waals surface area contributed by atoms with Gasteiger partial charge in [0.15, 0.2) is 0 Å². The van der Waals surface area contributed by atoms with Gasteiger partial charge in [-0.15, -0.1) is 12.4 Å². The Kier molecular flexibility index (Phi) is 4.58. The van der Waals surface area contributed by atoms with Crippen LogP contribution in [0, 0.1) is 5.41 Å². The van der Waals surface area contributed by atoms with E-state index < -0.39 is 5.97 Å². The SMILES string of the molecule is COC(=O)c1cncc(C(=N)N)c1.Cl. The number of hydrogen-bond donors (Lipinski definition) is 2. The molecule has 0 atom stereocenters. The predicted molar refractivity (Wildman–Crippen MR) is 53.8 cm³/mol. The van der Waals surface area contributed by atoms with Gasteiger partial charge in [-0.05, 0) is 6.07 Å². The third kappa shape index (κ3) is 2.70. The molecule has 6 heteroatoms. The number of carbonyl (C=O) groups excluding carboxylic acids is 1. The van der Waals surface area contributed by atoms with E-state index in [1.807, 2.05) is 0 Å². The summed E-state index contributed by atoms with van der Waals surface area (Å²) < 4.78 is 4.48. The second-order valence-corrected chi connectivity index (χ2v) is 2.37. The zero-order valence-electron chi connectivity index (χ0n) is 7.48. The van der Waals surface area contributed by atoms with Crippen LogP contribution < -0.4 is 5.73 Å². The fourth-order valence-corrected chi connectivity index (χ4v) is 0.817. The Labute approximate surface area is 87.2 Å². The van der Waals surface area contributed by atoms with Gasteiger partial charge in [0.25, 0.3) is 0 Å². The molecule has 0 fully saturated rings. The monoisotopic (exact) mass is 215 g/mol. The lowest BCUT2D eigenvalue weighted by Crippen LogP contribution is -2.13. The number of rotatable bonds is 2. The summed E-state index contributed by atoms with van der Waals surface area (Å²) >= 11 is 0. The van der Waals surface area contributed by atoms with Crippen LogP contribution in [0.2, 0.25) is 0 Å². The van der Waals surface area contributed by atoms with Crippen molar-refractivity contribution in [1.82, 2.24) is 4.98 Å². The molecule has 0 aliphatic carbocycles. The maximum absolute atomic E-state index is 11.0. The summed E-state index contributed by atoms with van der Waals surface area (Å²) in [4.78, 5) is 14.8. The molecule has 3 N–H and O–H groups in total. The van der Waals surface area contributed by atoms with E-state index in [1.165, 1.54) is 25.6 Å². The van der Waals surface area contributed by atoms with Crippen molar-refractivity contribution in [2.24, 2.45) is 5.73 Å². The second kappa shape index (κ2) is 5.18. The van der Waals surface area contributed by atoms with Crippen molar-refractivity contribution in [3.05, 3.63) is 29.6 Å². The zero-order chi connectivity index (χ0) is 9.84. The Morgan fingerprint density at radius 1 is 1.50 bits per heavy atom. The summed E-state index contributed by atoms with van der Waals surface area (Å²) in [5.41, 5.74) is 5.91. The van der Waals surface area contributed by atoms with E-state index in [9.17, 15) is 4.79 Å². The van der Waals surface area contributed by atoms with E-state index in [0.29, 0.717) is 5.56 Å². The van der Waals surface area contributed by atoms with Crippen LogP contribution in [0.25, 0.3) is 0 Å². The van der Waals surface area contributed by atoms with Gasteiger partial charge >= 0.3 is 5.97 Å². The van der Waals surface area contributed by atoms with Gasteiger partial charge in [-0.3, -0.25) is 10.4 Å². The largest absolute Gasteiger partial charge is 0.465 e. The predicted octanol–water partition coefficient (Wildman–Crippen LogP) is 0.574. The summed E-state index contributed by atoms with van der Waals surface area (Å²) in [6.45, 7) is 0. The average Bonchev–Trinajstić information content (AvgIpc) is 2.17. The number of esters is 1. The molecule has 0 saturated carbocycles. The molecule has 5 nitrogen and oxygen atoms in total. The molecule has 1 aromatic rings. The van der Waals surface area contributed by atoms with Gasteiger partial charge in [0.2, 0.25) is 0 Å². The zero-order valence-corrected chi connectivity index (χ0v) is 8.30. The summed E-state index contributed by atoms with van der Waals surface area (Å²) in [7, 11) is 1.28. The first-order chi connectivity index (χ1) is 6.15. The lowest BCUT2D eigenvalue weighted by Gasteiger charge is -2.00. The van der Waals surface area contributed by atoms with Crippen molar-refractivity contribution < 1.29 is 9.53 Å². The van der Waals surface area contributed by atoms with Crippen molar-refractivity contribution in [1.29, 1.82) is 5.41 Å². The van der Waals surface area contributed by atoms with Crippen LogP contribution in [0.4, 0.5) is 0 Å². The number of nitrogens with one attached hydrogen (secondary N) is 1.